The fourth-order valence-corrected chi connectivity index (χ4v) is 2.82. The van der Waals surface area contributed by atoms with E-state index in [2.05, 4.69) is 30.5 Å². The molecule has 0 aliphatic heterocycles. The molecule has 4 rings (SSSR count). The van der Waals surface area contributed by atoms with Crippen molar-refractivity contribution in [3.8, 4) is 5.69 Å². The number of thioether (sulfide) groups is 1. The summed E-state index contributed by atoms with van der Waals surface area (Å²) < 4.78 is 0. The highest BCUT2D eigenvalue weighted by Crippen LogP contribution is 2.24. The molecule has 0 bridgehead atoms. The molecule has 0 radical (unpaired) electrons. The second-order valence-electron chi connectivity index (χ2n) is 5.12. The van der Waals surface area contributed by atoms with Crippen LogP contribution in [0.1, 0.15) is 0 Å². The lowest BCUT2D eigenvalue weighted by Gasteiger charge is -2.10. The van der Waals surface area contributed by atoms with Gasteiger partial charge in [0, 0.05) is 11.9 Å². The van der Waals surface area contributed by atoms with E-state index in [1.807, 2.05) is 30.5 Å². The van der Waals surface area contributed by atoms with Gasteiger partial charge in [-0.1, -0.05) is 17.8 Å². The van der Waals surface area contributed by atoms with Crippen LogP contribution in [-0.2, 0) is 0 Å². The lowest BCUT2D eigenvalue weighted by Crippen LogP contribution is -2.10. The van der Waals surface area contributed by atoms with Crippen molar-refractivity contribution in [2.24, 2.45) is 0 Å². The summed E-state index contributed by atoms with van der Waals surface area (Å²) in [6.07, 6.45) is 6.70. The Kier molecular flexibility index (Phi) is 3.90. The summed E-state index contributed by atoms with van der Waals surface area (Å²) in [7, 11) is 0. The number of benzene rings is 1. The van der Waals surface area contributed by atoms with Gasteiger partial charge < -0.3 is 10.3 Å². The fourth-order valence-electron chi connectivity index (χ4n) is 2.45. The number of aromatic nitrogens is 6. The lowest BCUT2D eigenvalue weighted by atomic mass is 10.2. The van der Waals surface area contributed by atoms with E-state index in [1.165, 1.54) is 16.6 Å². The Morgan fingerprint density at radius 2 is 2.00 bits per heavy atom. The molecule has 124 valence electrons. The number of H-pyrrole nitrogens is 1. The third-order valence-corrected chi connectivity index (χ3v) is 4.09. The predicted octanol–water partition coefficient (Wildman–Crippen LogP) is 2.36. The van der Waals surface area contributed by atoms with Crippen LogP contribution >= 0.6 is 11.8 Å². The summed E-state index contributed by atoms with van der Waals surface area (Å²) in [5.74, 6) is 0.460. The van der Waals surface area contributed by atoms with E-state index >= 15 is 0 Å². The number of nitrogens with zero attached hydrogens (tertiary/aromatic N) is 5. The van der Waals surface area contributed by atoms with Gasteiger partial charge in [0.1, 0.15) is 11.2 Å². The second kappa shape index (κ2) is 6.36. The van der Waals surface area contributed by atoms with Crippen molar-refractivity contribution >= 4 is 34.2 Å². The maximum absolute atomic E-state index is 12.2. The Morgan fingerprint density at radius 3 is 2.80 bits per heavy atom. The van der Waals surface area contributed by atoms with Crippen molar-refractivity contribution in [1.29, 1.82) is 0 Å². The number of hydrogen-bond donors (Lipinski definition) is 2. The van der Waals surface area contributed by atoms with Gasteiger partial charge in [0.2, 0.25) is 0 Å². The molecule has 3 aromatic heterocycles. The SMILES string of the molecule is CSc1nc(Nc2cccc(-n3nccn3)c2)c2c(=O)[nH]ccc2n1. The number of pyridine rings is 1. The summed E-state index contributed by atoms with van der Waals surface area (Å²) in [6, 6.07) is 9.29. The van der Waals surface area contributed by atoms with Crippen LogP contribution < -0.4 is 10.9 Å². The first-order valence-corrected chi connectivity index (χ1v) is 8.64. The fraction of sp³-hybridized carbons (Fsp3) is 0.0625. The van der Waals surface area contributed by atoms with E-state index in [-0.39, 0.29) is 5.56 Å². The largest absolute Gasteiger partial charge is 0.339 e. The number of fused-ring (bicyclic) bond motifs is 1. The molecule has 0 aliphatic carbocycles. The number of anilines is 2. The standard InChI is InChI=1S/C16H13N7OS/c1-25-16-21-12-5-6-17-15(24)13(12)14(22-16)20-10-3-2-4-11(9-10)23-18-7-8-19-23/h2-9H,1H3,(H,17,24)(H,20,21,22). The molecule has 0 aliphatic rings. The molecule has 0 amide bonds. The molecule has 3 heterocycles. The monoisotopic (exact) mass is 351 g/mol. The highest BCUT2D eigenvalue weighted by Gasteiger charge is 2.11. The molecule has 9 heteroatoms. The van der Waals surface area contributed by atoms with Crippen LogP contribution in [0, 0.1) is 0 Å². The second-order valence-corrected chi connectivity index (χ2v) is 5.89. The first kappa shape index (κ1) is 15.3. The number of aromatic amines is 1. The van der Waals surface area contributed by atoms with Gasteiger partial charge in [0.05, 0.1) is 23.6 Å². The van der Waals surface area contributed by atoms with Crippen LogP contribution in [0.3, 0.4) is 0 Å². The third kappa shape index (κ3) is 2.96. The molecule has 0 spiro atoms. The molecule has 4 aromatic rings. The Bertz CT molecular complexity index is 1090. The van der Waals surface area contributed by atoms with Crippen LogP contribution in [0.5, 0.6) is 0 Å². The molecular weight excluding hydrogens is 338 g/mol. The van der Waals surface area contributed by atoms with E-state index in [4.69, 9.17) is 0 Å². The van der Waals surface area contributed by atoms with Crippen molar-refractivity contribution in [2.45, 2.75) is 5.16 Å². The average molecular weight is 351 g/mol. The van der Waals surface area contributed by atoms with Gasteiger partial charge in [-0.2, -0.15) is 15.0 Å². The minimum absolute atomic E-state index is 0.238. The minimum atomic E-state index is -0.238. The Hall–Kier alpha value is -3.20. The topological polar surface area (TPSA) is 101 Å². The number of nitrogens with one attached hydrogen (secondary N) is 2. The van der Waals surface area contributed by atoms with E-state index in [0.29, 0.717) is 21.9 Å². The van der Waals surface area contributed by atoms with Crippen LogP contribution in [0.2, 0.25) is 0 Å². The predicted molar refractivity (Wildman–Crippen MR) is 96.6 cm³/mol. The van der Waals surface area contributed by atoms with Crippen molar-refractivity contribution in [1.82, 2.24) is 29.9 Å². The summed E-state index contributed by atoms with van der Waals surface area (Å²) in [4.78, 5) is 25.3. The molecule has 0 saturated heterocycles. The molecule has 8 nitrogen and oxygen atoms in total. The van der Waals surface area contributed by atoms with Crippen LogP contribution in [0.4, 0.5) is 11.5 Å². The molecule has 0 unspecified atom stereocenters. The summed E-state index contributed by atoms with van der Waals surface area (Å²) in [5.41, 5.74) is 1.92. The van der Waals surface area contributed by atoms with Crippen LogP contribution in [-0.4, -0.2) is 36.2 Å². The molecule has 0 atom stereocenters. The molecule has 25 heavy (non-hydrogen) atoms. The normalized spacial score (nSPS) is 10.9. The van der Waals surface area contributed by atoms with Gasteiger partial charge in [-0.15, -0.1) is 0 Å². The van der Waals surface area contributed by atoms with Crippen molar-refractivity contribution in [3.05, 3.63) is 59.3 Å². The highest BCUT2D eigenvalue weighted by atomic mass is 32.2. The van der Waals surface area contributed by atoms with Crippen LogP contribution in [0.25, 0.3) is 16.6 Å². The zero-order chi connectivity index (χ0) is 17.2. The van der Waals surface area contributed by atoms with E-state index < -0.39 is 0 Å². The molecule has 2 N–H and O–H groups in total. The minimum Gasteiger partial charge on any atom is -0.339 e. The van der Waals surface area contributed by atoms with Gasteiger partial charge in [-0.05, 0) is 30.5 Å². The molecule has 0 saturated carbocycles. The quantitative estimate of drug-likeness (QED) is 0.430. The van der Waals surface area contributed by atoms with Gasteiger partial charge in [-0.3, -0.25) is 4.79 Å². The smallest absolute Gasteiger partial charge is 0.261 e. The van der Waals surface area contributed by atoms with Crippen molar-refractivity contribution in [3.63, 3.8) is 0 Å². The van der Waals surface area contributed by atoms with E-state index in [1.54, 1.807) is 24.7 Å². The summed E-state index contributed by atoms with van der Waals surface area (Å²) in [5, 5.41) is 12.5. The molecule has 0 fully saturated rings. The Labute approximate surface area is 146 Å². The van der Waals surface area contributed by atoms with Crippen molar-refractivity contribution in [2.75, 3.05) is 11.6 Å². The van der Waals surface area contributed by atoms with E-state index in [0.717, 1.165) is 11.4 Å². The maximum Gasteiger partial charge on any atom is 0.261 e. The molecular formula is C16H13N7OS. The average Bonchev–Trinajstić information content (AvgIpc) is 3.16. The zero-order valence-corrected chi connectivity index (χ0v) is 14.0. The number of rotatable bonds is 4. The number of hydrogen-bond acceptors (Lipinski definition) is 7. The zero-order valence-electron chi connectivity index (χ0n) is 13.2. The van der Waals surface area contributed by atoms with Gasteiger partial charge in [0.15, 0.2) is 5.16 Å². The third-order valence-electron chi connectivity index (χ3n) is 3.54. The van der Waals surface area contributed by atoms with E-state index in [9.17, 15) is 4.79 Å². The first-order valence-electron chi connectivity index (χ1n) is 7.42. The first-order chi connectivity index (χ1) is 12.2. The maximum atomic E-state index is 12.2. The molecule has 1 aromatic carbocycles. The van der Waals surface area contributed by atoms with Gasteiger partial charge in [-0.25, -0.2) is 9.97 Å². The lowest BCUT2D eigenvalue weighted by molar-refractivity contribution is 0.752. The van der Waals surface area contributed by atoms with Crippen LogP contribution in [0.15, 0.2) is 58.9 Å². The van der Waals surface area contributed by atoms with Gasteiger partial charge >= 0.3 is 0 Å². The Balaban J connectivity index is 1.81. The van der Waals surface area contributed by atoms with Crippen molar-refractivity contribution < 1.29 is 0 Å². The highest BCUT2D eigenvalue weighted by molar-refractivity contribution is 7.98. The summed E-state index contributed by atoms with van der Waals surface area (Å²) >= 11 is 1.42. The Morgan fingerprint density at radius 1 is 1.16 bits per heavy atom. The summed E-state index contributed by atoms with van der Waals surface area (Å²) in [6.45, 7) is 0. The van der Waals surface area contributed by atoms with Gasteiger partial charge in [0.25, 0.3) is 5.56 Å².